The zero-order valence-electron chi connectivity index (χ0n) is 14.3. The summed E-state index contributed by atoms with van der Waals surface area (Å²) in [5.74, 6) is -0.241. The highest BCUT2D eigenvalue weighted by atomic mass is 16.2. The molecule has 5 rings (SSSR count). The van der Waals surface area contributed by atoms with Crippen molar-refractivity contribution in [3.8, 4) is 11.4 Å². The first-order valence-electron chi connectivity index (χ1n) is 8.59. The maximum absolute atomic E-state index is 13.0. The average Bonchev–Trinajstić information content (AvgIpc) is 3.23. The summed E-state index contributed by atoms with van der Waals surface area (Å²) < 4.78 is 3.67. The number of para-hydroxylation sites is 1. The monoisotopic (exact) mass is 340 g/mol. The van der Waals surface area contributed by atoms with Gasteiger partial charge in [-0.2, -0.15) is 0 Å². The lowest BCUT2D eigenvalue weighted by Gasteiger charge is -2.17. The van der Waals surface area contributed by atoms with E-state index in [-0.39, 0.29) is 16.9 Å². The summed E-state index contributed by atoms with van der Waals surface area (Å²) in [5.41, 5.74) is 4.78. The molecule has 4 heteroatoms. The molecule has 0 saturated heterocycles. The van der Waals surface area contributed by atoms with Crippen LogP contribution in [0.2, 0.25) is 0 Å². The Morgan fingerprint density at radius 1 is 0.885 bits per heavy atom. The van der Waals surface area contributed by atoms with E-state index in [4.69, 9.17) is 0 Å². The number of rotatable bonds is 2. The van der Waals surface area contributed by atoms with Crippen molar-refractivity contribution in [2.75, 3.05) is 0 Å². The minimum atomic E-state index is -0.241. The topological polar surface area (TPSA) is 44.0 Å². The van der Waals surface area contributed by atoms with Gasteiger partial charge in [0.1, 0.15) is 5.56 Å². The molecule has 4 aromatic rings. The first-order valence-corrected chi connectivity index (χ1v) is 8.59. The van der Waals surface area contributed by atoms with Crippen LogP contribution in [-0.4, -0.2) is 15.0 Å². The Balaban J connectivity index is 1.90. The van der Waals surface area contributed by atoms with E-state index in [0.29, 0.717) is 17.6 Å². The van der Waals surface area contributed by atoms with Gasteiger partial charge in [-0.25, -0.2) is 0 Å². The largest absolute Gasteiger partial charge is 0.334 e. The molecule has 0 bridgehead atoms. The number of aryl methyl sites for hydroxylation is 1. The zero-order valence-corrected chi connectivity index (χ0v) is 14.3. The van der Waals surface area contributed by atoms with Crippen molar-refractivity contribution >= 4 is 16.8 Å². The van der Waals surface area contributed by atoms with Crippen LogP contribution >= 0.6 is 0 Å². The van der Waals surface area contributed by atoms with Gasteiger partial charge in [0.05, 0.1) is 16.9 Å². The maximum atomic E-state index is 13.0. The number of aromatic nitrogens is 2. The molecule has 0 amide bonds. The molecule has 126 valence electrons. The zero-order chi connectivity index (χ0) is 17.8. The van der Waals surface area contributed by atoms with Gasteiger partial charge in [-0.05, 0) is 42.3 Å². The Hall–Kier alpha value is -3.40. The van der Waals surface area contributed by atoms with Crippen molar-refractivity contribution < 1.29 is 4.79 Å². The number of pyridine rings is 1. The van der Waals surface area contributed by atoms with Crippen LogP contribution in [0, 0.1) is 6.92 Å². The standard InChI is InChI=1S/C22H16N2O2/c1-14-7-2-3-8-15(14)13-24-17-10-5-4-9-16(17)21(25)19-20(24)18-11-6-12-23(18)22(19)26/h2-12H,13H2,1H3. The van der Waals surface area contributed by atoms with Crippen molar-refractivity contribution in [1.82, 2.24) is 9.13 Å². The molecule has 26 heavy (non-hydrogen) atoms. The lowest BCUT2D eigenvalue weighted by atomic mass is 10.0. The van der Waals surface area contributed by atoms with Crippen molar-refractivity contribution in [2.45, 2.75) is 13.5 Å². The molecule has 0 atom stereocenters. The lowest BCUT2D eigenvalue weighted by molar-refractivity contribution is 0.0968. The van der Waals surface area contributed by atoms with Crippen LogP contribution in [0.25, 0.3) is 22.3 Å². The van der Waals surface area contributed by atoms with E-state index in [2.05, 4.69) is 23.6 Å². The molecule has 0 unspecified atom stereocenters. The predicted octanol–water partition coefficient (Wildman–Crippen LogP) is 3.83. The molecule has 0 aliphatic carbocycles. The second-order valence-electron chi connectivity index (χ2n) is 6.65. The Labute approximate surface area is 149 Å². The molecular weight excluding hydrogens is 324 g/mol. The maximum Gasteiger partial charge on any atom is 0.268 e. The van der Waals surface area contributed by atoms with Crippen LogP contribution in [0.5, 0.6) is 0 Å². The van der Waals surface area contributed by atoms with Crippen LogP contribution in [-0.2, 0) is 6.54 Å². The number of fused-ring (bicyclic) bond motifs is 4. The van der Waals surface area contributed by atoms with Crippen molar-refractivity contribution in [1.29, 1.82) is 0 Å². The lowest BCUT2D eigenvalue weighted by Crippen LogP contribution is -2.20. The molecule has 0 saturated carbocycles. The summed E-state index contributed by atoms with van der Waals surface area (Å²) in [6.07, 6.45) is 1.72. The Kier molecular flexibility index (Phi) is 3.04. The number of hydrogen-bond donors (Lipinski definition) is 0. The minimum Gasteiger partial charge on any atom is -0.334 e. The summed E-state index contributed by atoms with van der Waals surface area (Å²) in [7, 11) is 0. The summed E-state index contributed by atoms with van der Waals surface area (Å²) in [6.45, 7) is 2.68. The summed E-state index contributed by atoms with van der Waals surface area (Å²) in [6, 6.07) is 19.5. The molecule has 3 heterocycles. The van der Waals surface area contributed by atoms with E-state index < -0.39 is 0 Å². The van der Waals surface area contributed by atoms with E-state index in [1.54, 1.807) is 16.8 Å². The van der Waals surface area contributed by atoms with Crippen LogP contribution in [0.15, 0.2) is 71.7 Å². The minimum absolute atomic E-state index is 0.190. The van der Waals surface area contributed by atoms with E-state index in [1.807, 2.05) is 42.5 Å². The van der Waals surface area contributed by atoms with Gasteiger partial charge in [-0.1, -0.05) is 36.4 Å². The van der Waals surface area contributed by atoms with E-state index >= 15 is 0 Å². The Morgan fingerprint density at radius 2 is 1.65 bits per heavy atom. The molecule has 0 spiro atoms. The van der Waals surface area contributed by atoms with Crippen LogP contribution in [0.4, 0.5) is 0 Å². The molecule has 0 fully saturated rings. The first kappa shape index (κ1) is 14.9. The SMILES string of the molecule is Cc1ccccc1Cn1c2c(c(=O)c3ccccc31)C(=O)n1cccc1-2. The van der Waals surface area contributed by atoms with Crippen LogP contribution < -0.4 is 5.43 Å². The van der Waals surface area contributed by atoms with Gasteiger partial charge in [0.15, 0.2) is 0 Å². The molecule has 0 radical (unpaired) electrons. The average molecular weight is 340 g/mol. The second-order valence-corrected chi connectivity index (χ2v) is 6.65. The fraction of sp³-hybridized carbons (Fsp3) is 0.0909. The molecule has 2 aromatic heterocycles. The third-order valence-corrected chi connectivity index (χ3v) is 5.19. The summed E-state index contributed by atoms with van der Waals surface area (Å²) in [5, 5.41) is 0.582. The number of carbonyl (C=O) groups excluding carboxylic acids is 1. The van der Waals surface area contributed by atoms with Gasteiger partial charge in [0, 0.05) is 18.1 Å². The Morgan fingerprint density at radius 3 is 2.50 bits per heavy atom. The third kappa shape index (κ3) is 1.90. The van der Waals surface area contributed by atoms with E-state index in [9.17, 15) is 9.59 Å². The second kappa shape index (κ2) is 5.30. The van der Waals surface area contributed by atoms with Gasteiger partial charge < -0.3 is 4.57 Å². The molecule has 1 aliphatic rings. The highest BCUT2D eigenvalue weighted by Gasteiger charge is 2.32. The van der Waals surface area contributed by atoms with Crippen molar-refractivity contribution in [3.05, 3.63) is 93.8 Å². The van der Waals surface area contributed by atoms with Crippen LogP contribution in [0.3, 0.4) is 0 Å². The van der Waals surface area contributed by atoms with E-state index in [1.165, 1.54) is 11.1 Å². The van der Waals surface area contributed by atoms with E-state index in [0.717, 1.165) is 11.2 Å². The fourth-order valence-electron chi connectivity index (χ4n) is 3.86. The smallest absolute Gasteiger partial charge is 0.268 e. The number of benzene rings is 2. The highest BCUT2D eigenvalue weighted by molar-refractivity contribution is 6.10. The van der Waals surface area contributed by atoms with Crippen molar-refractivity contribution in [2.24, 2.45) is 0 Å². The molecule has 4 nitrogen and oxygen atoms in total. The summed E-state index contributed by atoms with van der Waals surface area (Å²) in [4.78, 5) is 25.9. The highest BCUT2D eigenvalue weighted by Crippen LogP contribution is 2.33. The van der Waals surface area contributed by atoms with Crippen LogP contribution in [0.1, 0.15) is 21.5 Å². The molecule has 1 aliphatic heterocycles. The quantitative estimate of drug-likeness (QED) is 0.490. The first-order chi connectivity index (χ1) is 12.7. The van der Waals surface area contributed by atoms with Crippen molar-refractivity contribution in [3.63, 3.8) is 0 Å². The number of hydrogen-bond acceptors (Lipinski definition) is 2. The predicted molar refractivity (Wildman–Crippen MR) is 102 cm³/mol. The third-order valence-electron chi connectivity index (χ3n) is 5.19. The fourth-order valence-corrected chi connectivity index (χ4v) is 3.86. The van der Waals surface area contributed by atoms with Gasteiger partial charge in [-0.15, -0.1) is 0 Å². The number of nitrogens with zero attached hydrogens (tertiary/aromatic N) is 2. The molecular formula is C22H16N2O2. The van der Waals surface area contributed by atoms with Gasteiger partial charge in [0.2, 0.25) is 5.43 Å². The number of carbonyl (C=O) groups is 1. The molecule has 2 aromatic carbocycles. The normalized spacial score (nSPS) is 12.4. The Bertz CT molecular complexity index is 1260. The summed E-state index contributed by atoms with van der Waals surface area (Å²) >= 11 is 0. The van der Waals surface area contributed by atoms with Gasteiger partial charge in [0.25, 0.3) is 5.91 Å². The molecule has 0 N–H and O–H groups in total. The van der Waals surface area contributed by atoms with Gasteiger partial charge in [-0.3, -0.25) is 14.2 Å². The van der Waals surface area contributed by atoms with Gasteiger partial charge >= 0.3 is 0 Å².